The molecule has 0 saturated carbocycles. The maximum absolute atomic E-state index is 12.1. The predicted molar refractivity (Wildman–Crippen MR) is 77.3 cm³/mol. The minimum absolute atomic E-state index is 0.219. The van der Waals surface area contributed by atoms with E-state index in [1.54, 1.807) is 13.8 Å². The van der Waals surface area contributed by atoms with Crippen LogP contribution in [0.2, 0.25) is 0 Å². The summed E-state index contributed by atoms with van der Waals surface area (Å²) in [6.07, 6.45) is 3.53. The molecule has 0 heterocycles. The SMILES string of the molecule is C=CCC[C@H](C)CNC(=O)CP(=O)(OCC)OCC. The number of hydrogen-bond acceptors (Lipinski definition) is 4. The second-order valence-electron chi connectivity index (χ2n) is 4.38. The van der Waals surface area contributed by atoms with Gasteiger partial charge in [0.2, 0.25) is 5.91 Å². The highest BCUT2D eigenvalue weighted by Gasteiger charge is 2.27. The number of carbonyl (C=O) groups is 1. The molecule has 0 aliphatic heterocycles. The maximum Gasteiger partial charge on any atom is 0.340 e. The van der Waals surface area contributed by atoms with Crippen LogP contribution in [0, 0.1) is 5.92 Å². The number of nitrogens with one attached hydrogen (secondary N) is 1. The maximum atomic E-state index is 12.1. The molecule has 0 aromatic heterocycles. The van der Waals surface area contributed by atoms with Gasteiger partial charge in [0.05, 0.1) is 13.2 Å². The molecular weight excluding hydrogens is 265 g/mol. The van der Waals surface area contributed by atoms with E-state index in [4.69, 9.17) is 9.05 Å². The van der Waals surface area contributed by atoms with Crippen LogP contribution in [0.25, 0.3) is 0 Å². The van der Waals surface area contributed by atoms with Crippen LogP contribution < -0.4 is 5.32 Å². The summed E-state index contributed by atoms with van der Waals surface area (Å²) in [4.78, 5) is 11.7. The van der Waals surface area contributed by atoms with Gasteiger partial charge in [0.25, 0.3) is 0 Å². The Labute approximate surface area is 116 Å². The molecule has 19 heavy (non-hydrogen) atoms. The van der Waals surface area contributed by atoms with E-state index in [0.29, 0.717) is 12.5 Å². The Morgan fingerprint density at radius 1 is 1.37 bits per heavy atom. The molecule has 0 aliphatic rings. The first kappa shape index (κ1) is 18.4. The summed E-state index contributed by atoms with van der Waals surface area (Å²) >= 11 is 0. The van der Waals surface area contributed by atoms with Gasteiger partial charge in [-0.15, -0.1) is 6.58 Å². The van der Waals surface area contributed by atoms with Crippen LogP contribution >= 0.6 is 7.60 Å². The van der Waals surface area contributed by atoms with Gasteiger partial charge in [-0.1, -0.05) is 13.0 Å². The quantitative estimate of drug-likeness (QED) is 0.469. The number of rotatable bonds is 11. The highest BCUT2D eigenvalue weighted by Crippen LogP contribution is 2.47. The number of hydrogen-bond donors (Lipinski definition) is 1. The van der Waals surface area contributed by atoms with Crippen LogP contribution in [0.4, 0.5) is 0 Å². The Bertz CT molecular complexity index is 310. The largest absolute Gasteiger partial charge is 0.355 e. The summed E-state index contributed by atoms with van der Waals surface area (Å²) in [5.41, 5.74) is 0. The van der Waals surface area contributed by atoms with Crippen molar-refractivity contribution < 1.29 is 18.4 Å². The Morgan fingerprint density at radius 3 is 2.42 bits per heavy atom. The van der Waals surface area contributed by atoms with Crippen LogP contribution in [0.1, 0.15) is 33.6 Å². The molecule has 0 saturated heterocycles. The van der Waals surface area contributed by atoms with Crippen LogP contribution in [0.5, 0.6) is 0 Å². The molecule has 0 bridgehead atoms. The first-order valence-corrected chi connectivity index (χ1v) is 8.45. The van der Waals surface area contributed by atoms with Crippen molar-refractivity contribution >= 4 is 13.5 Å². The zero-order valence-corrected chi connectivity index (χ0v) is 13.1. The fraction of sp³-hybridized carbons (Fsp3) is 0.769. The fourth-order valence-electron chi connectivity index (χ4n) is 1.55. The molecule has 0 unspecified atom stereocenters. The number of amides is 1. The van der Waals surface area contributed by atoms with Crippen LogP contribution in [0.3, 0.4) is 0 Å². The van der Waals surface area contributed by atoms with Gasteiger partial charge in [-0.3, -0.25) is 9.36 Å². The van der Waals surface area contributed by atoms with Gasteiger partial charge >= 0.3 is 7.60 Å². The Balaban J connectivity index is 4.12. The standard InChI is InChI=1S/C13H26NO4P/c1-5-8-9-12(4)10-14-13(15)11-19(16,17-6-2)18-7-3/h5,12H,1,6-11H2,2-4H3,(H,14,15)/t12-/m0/s1. The molecule has 1 atom stereocenters. The van der Waals surface area contributed by atoms with Gasteiger partial charge in [-0.2, -0.15) is 0 Å². The lowest BCUT2D eigenvalue weighted by Gasteiger charge is -2.17. The summed E-state index contributed by atoms with van der Waals surface area (Å²) in [6.45, 7) is 10.2. The Hall–Kier alpha value is -0.640. The molecular formula is C13H26NO4P. The topological polar surface area (TPSA) is 64.6 Å². The summed E-state index contributed by atoms with van der Waals surface area (Å²) in [5.74, 6) is 0.0659. The Morgan fingerprint density at radius 2 is 1.95 bits per heavy atom. The third kappa shape index (κ3) is 8.98. The first-order valence-electron chi connectivity index (χ1n) is 6.73. The average molecular weight is 291 g/mol. The summed E-state index contributed by atoms with van der Waals surface area (Å²) in [7, 11) is -3.28. The third-order valence-electron chi connectivity index (χ3n) is 2.50. The molecule has 0 aliphatic carbocycles. The molecule has 1 amide bonds. The van der Waals surface area contributed by atoms with E-state index in [1.165, 1.54) is 0 Å². The highest BCUT2D eigenvalue weighted by molar-refractivity contribution is 7.54. The van der Waals surface area contributed by atoms with Crippen molar-refractivity contribution in [3.63, 3.8) is 0 Å². The van der Waals surface area contributed by atoms with Crippen LogP contribution in [-0.2, 0) is 18.4 Å². The lowest BCUT2D eigenvalue weighted by Crippen LogP contribution is -2.31. The zero-order valence-electron chi connectivity index (χ0n) is 12.2. The Kier molecular flexibility index (Phi) is 9.84. The van der Waals surface area contributed by atoms with E-state index in [0.717, 1.165) is 12.8 Å². The van der Waals surface area contributed by atoms with E-state index < -0.39 is 7.60 Å². The molecule has 0 radical (unpaired) electrons. The lowest BCUT2D eigenvalue weighted by atomic mass is 10.1. The second kappa shape index (κ2) is 10.2. The van der Waals surface area contributed by atoms with Crippen molar-refractivity contribution in [3.8, 4) is 0 Å². The number of carbonyl (C=O) groups excluding carboxylic acids is 1. The summed E-state index contributed by atoms with van der Waals surface area (Å²) in [6, 6.07) is 0. The minimum atomic E-state index is -3.28. The first-order chi connectivity index (χ1) is 8.97. The van der Waals surface area contributed by atoms with Crippen molar-refractivity contribution in [2.24, 2.45) is 5.92 Å². The second-order valence-corrected chi connectivity index (χ2v) is 6.43. The highest BCUT2D eigenvalue weighted by atomic mass is 31.2. The van der Waals surface area contributed by atoms with Gasteiger partial charge in [0.1, 0.15) is 6.16 Å². The lowest BCUT2D eigenvalue weighted by molar-refractivity contribution is -0.119. The molecule has 0 rings (SSSR count). The van der Waals surface area contributed by atoms with Crippen molar-refractivity contribution in [2.45, 2.75) is 33.6 Å². The molecule has 0 fully saturated rings. The van der Waals surface area contributed by atoms with E-state index in [9.17, 15) is 9.36 Å². The van der Waals surface area contributed by atoms with Gasteiger partial charge in [-0.25, -0.2) is 0 Å². The molecule has 1 N–H and O–H groups in total. The smallest absolute Gasteiger partial charge is 0.340 e. The fourth-order valence-corrected chi connectivity index (χ4v) is 3.05. The predicted octanol–water partition coefficient (Wildman–Crippen LogP) is 2.97. The summed E-state index contributed by atoms with van der Waals surface area (Å²) < 4.78 is 22.3. The van der Waals surface area contributed by atoms with Gasteiger partial charge in [0, 0.05) is 6.54 Å². The van der Waals surface area contributed by atoms with Gasteiger partial charge in [0.15, 0.2) is 0 Å². The molecule has 112 valence electrons. The molecule has 0 aromatic rings. The van der Waals surface area contributed by atoms with Crippen molar-refractivity contribution in [2.75, 3.05) is 25.9 Å². The van der Waals surface area contributed by atoms with Crippen molar-refractivity contribution in [1.82, 2.24) is 5.32 Å². The average Bonchev–Trinajstić information content (AvgIpc) is 2.34. The van der Waals surface area contributed by atoms with Gasteiger partial charge in [-0.05, 0) is 32.6 Å². The van der Waals surface area contributed by atoms with Crippen molar-refractivity contribution in [1.29, 1.82) is 0 Å². The molecule has 5 nitrogen and oxygen atoms in total. The van der Waals surface area contributed by atoms with E-state index in [1.807, 2.05) is 6.08 Å². The van der Waals surface area contributed by atoms with Crippen molar-refractivity contribution in [3.05, 3.63) is 12.7 Å². The van der Waals surface area contributed by atoms with E-state index in [-0.39, 0.29) is 25.3 Å². The van der Waals surface area contributed by atoms with E-state index in [2.05, 4.69) is 18.8 Å². The van der Waals surface area contributed by atoms with Crippen LogP contribution in [0.15, 0.2) is 12.7 Å². The molecule has 6 heteroatoms. The van der Waals surface area contributed by atoms with Gasteiger partial charge < -0.3 is 14.4 Å². The monoisotopic (exact) mass is 291 g/mol. The molecule has 0 spiro atoms. The minimum Gasteiger partial charge on any atom is -0.355 e. The van der Waals surface area contributed by atoms with E-state index >= 15 is 0 Å². The zero-order chi connectivity index (χ0) is 14.7. The number of allylic oxidation sites excluding steroid dienone is 1. The molecule has 0 aromatic carbocycles. The normalized spacial score (nSPS) is 13.0. The van der Waals surface area contributed by atoms with Crippen LogP contribution in [-0.4, -0.2) is 31.8 Å². The summed E-state index contributed by atoms with van der Waals surface area (Å²) in [5, 5.41) is 2.76. The third-order valence-corrected chi connectivity index (χ3v) is 4.48.